The van der Waals surface area contributed by atoms with Crippen LogP contribution < -0.4 is 0 Å². The summed E-state index contributed by atoms with van der Waals surface area (Å²) < 4.78 is 5.13. The summed E-state index contributed by atoms with van der Waals surface area (Å²) >= 11 is 0. The average Bonchev–Trinajstić information content (AvgIpc) is 2.46. The summed E-state index contributed by atoms with van der Waals surface area (Å²) in [7, 11) is 0. The summed E-state index contributed by atoms with van der Waals surface area (Å²) in [6.45, 7) is 3.39. The molecule has 0 radical (unpaired) electrons. The first-order chi connectivity index (χ1) is 9.50. The summed E-state index contributed by atoms with van der Waals surface area (Å²) in [5, 5.41) is 9.14. The molecular formula is C13H20N2O5. The van der Waals surface area contributed by atoms with Gasteiger partial charge in [-0.05, 0) is 12.8 Å². The van der Waals surface area contributed by atoms with Gasteiger partial charge in [0, 0.05) is 32.5 Å². The van der Waals surface area contributed by atoms with E-state index in [2.05, 4.69) is 0 Å². The van der Waals surface area contributed by atoms with Crippen LogP contribution in [0.5, 0.6) is 0 Å². The lowest BCUT2D eigenvalue weighted by Crippen LogP contribution is -2.55. The van der Waals surface area contributed by atoms with Gasteiger partial charge in [0.2, 0.25) is 11.8 Å². The van der Waals surface area contributed by atoms with Crippen LogP contribution in [0.3, 0.4) is 0 Å². The Labute approximate surface area is 117 Å². The van der Waals surface area contributed by atoms with Crippen LogP contribution in [0.15, 0.2) is 0 Å². The van der Waals surface area contributed by atoms with Gasteiger partial charge < -0.3 is 19.6 Å². The van der Waals surface area contributed by atoms with E-state index in [1.165, 1.54) is 11.8 Å². The van der Waals surface area contributed by atoms with Crippen molar-refractivity contribution in [3.63, 3.8) is 0 Å². The van der Waals surface area contributed by atoms with Gasteiger partial charge in [-0.25, -0.2) is 4.79 Å². The fraction of sp³-hybridized carbons (Fsp3) is 0.769. The first-order valence-corrected chi connectivity index (χ1v) is 6.87. The molecule has 0 aromatic carbocycles. The maximum atomic E-state index is 12.4. The summed E-state index contributed by atoms with van der Waals surface area (Å²) in [6.07, 6.45) is 1.20. The second-order valence-corrected chi connectivity index (χ2v) is 5.24. The maximum absolute atomic E-state index is 12.4. The molecule has 20 heavy (non-hydrogen) atoms. The van der Waals surface area contributed by atoms with Crippen LogP contribution in [0.1, 0.15) is 19.8 Å². The Morgan fingerprint density at radius 2 is 1.80 bits per heavy atom. The molecule has 2 heterocycles. The number of likely N-dealkylation sites (tertiary alicyclic amines) is 1. The molecule has 0 aromatic heterocycles. The number of carbonyl (C=O) groups is 3. The Kier molecular flexibility index (Phi) is 4.59. The number of rotatable bonds is 2. The van der Waals surface area contributed by atoms with Crippen LogP contribution in [-0.4, -0.2) is 71.6 Å². The van der Waals surface area contributed by atoms with Crippen LogP contribution in [0.2, 0.25) is 0 Å². The first-order valence-electron chi connectivity index (χ1n) is 6.87. The van der Waals surface area contributed by atoms with E-state index in [9.17, 15) is 14.4 Å². The van der Waals surface area contributed by atoms with Crippen LogP contribution in [0, 0.1) is 5.92 Å². The van der Waals surface area contributed by atoms with Gasteiger partial charge in [-0.3, -0.25) is 9.59 Å². The Morgan fingerprint density at radius 1 is 1.15 bits per heavy atom. The van der Waals surface area contributed by atoms with Crippen molar-refractivity contribution < 1.29 is 24.2 Å². The molecule has 2 rings (SSSR count). The highest BCUT2D eigenvalue weighted by atomic mass is 16.5. The van der Waals surface area contributed by atoms with Crippen molar-refractivity contribution in [2.45, 2.75) is 25.8 Å². The zero-order chi connectivity index (χ0) is 14.7. The number of carboxylic acid groups (broad SMARTS) is 1. The van der Waals surface area contributed by atoms with E-state index in [-0.39, 0.29) is 24.3 Å². The van der Waals surface area contributed by atoms with E-state index in [1.54, 1.807) is 4.90 Å². The number of nitrogens with zero attached hydrogens (tertiary/aromatic N) is 2. The molecule has 2 saturated heterocycles. The van der Waals surface area contributed by atoms with Gasteiger partial charge in [-0.2, -0.15) is 0 Å². The zero-order valence-electron chi connectivity index (χ0n) is 11.6. The summed E-state index contributed by atoms with van der Waals surface area (Å²) in [5.41, 5.74) is 0. The summed E-state index contributed by atoms with van der Waals surface area (Å²) in [4.78, 5) is 38.0. The molecular weight excluding hydrogens is 264 g/mol. The van der Waals surface area contributed by atoms with Gasteiger partial charge in [0.05, 0.1) is 13.2 Å². The number of hydrogen-bond acceptors (Lipinski definition) is 4. The predicted molar refractivity (Wildman–Crippen MR) is 68.9 cm³/mol. The molecule has 112 valence electrons. The summed E-state index contributed by atoms with van der Waals surface area (Å²) in [5.74, 6) is -1.32. The number of amides is 2. The Morgan fingerprint density at radius 3 is 2.35 bits per heavy atom. The van der Waals surface area contributed by atoms with Crippen molar-refractivity contribution in [3.8, 4) is 0 Å². The van der Waals surface area contributed by atoms with Crippen molar-refractivity contribution in [2.75, 3.05) is 32.8 Å². The molecule has 1 unspecified atom stereocenters. The molecule has 0 spiro atoms. The van der Waals surface area contributed by atoms with E-state index >= 15 is 0 Å². The van der Waals surface area contributed by atoms with E-state index in [0.717, 1.165) is 0 Å². The minimum Gasteiger partial charge on any atom is -0.480 e. The zero-order valence-corrected chi connectivity index (χ0v) is 11.6. The molecule has 7 heteroatoms. The van der Waals surface area contributed by atoms with Crippen molar-refractivity contribution >= 4 is 17.8 Å². The molecule has 2 aliphatic heterocycles. The molecule has 0 aromatic rings. The highest BCUT2D eigenvalue weighted by molar-refractivity contribution is 5.85. The fourth-order valence-corrected chi connectivity index (χ4v) is 2.75. The molecule has 0 saturated carbocycles. The number of ether oxygens (including phenoxy) is 1. The molecule has 1 atom stereocenters. The van der Waals surface area contributed by atoms with Gasteiger partial charge >= 0.3 is 5.97 Å². The SMILES string of the molecule is CC(=O)N1CCC(C(=O)N2CCOCC2C(=O)O)CC1. The van der Waals surface area contributed by atoms with Gasteiger partial charge in [0.25, 0.3) is 0 Å². The van der Waals surface area contributed by atoms with Crippen molar-refractivity contribution in [1.82, 2.24) is 9.80 Å². The second kappa shape index (κ2) is 6.21. The monoisotopic (exact) mass is 284 g/mol. The van der Waals surface area contributed by atoms with E-state index < -0.39 is 12.0 Å². The van der Waals surface area contributed by atoms with Crippen molar-refractivity contribution in [3.05, 3.63) is 0 Å². The van der Waals surface area contributed by atoms with Gasteiger partial charge in [-0.15, -0.1) is 0 Å². The van der Waals surface area contributed by atoms with E-state index in [4.69, 9.17) is 9.84 Å². The van der Waals surface area contributed by atoms with Gasteiger partial charge in [-0.1, -0.05) is 0 Å². The molecule has 2 amide bonds. The number of carbonyl (C=O) groups excluding carboxylic acids is 2. The standard InChI is InChI=1S/C13H20N2O5/c1-9(16)14-4-2-10(3-5-14)12(17)15-6-7-20-8-11(15)13(18)19/h10-11H,2-8H2,1H3,(H,18,19). The minimum atomic E-state index is -1.03. The molecule has 7 nitrogen and oxygen atoms in total. The fourth-order valence-electron chi connectivity index (χ4n) is 2.75. The third kappa shape index (κ3) is 3.09. The number of hydrogen-bond donors (Lipinski definition) is 1. The number of carboxylic acids is 1. The number of piperidine rings is 1. The smallest absolute Gasteiger partial charge is 0.328 e. The predicted octanol–water partition coefficient (Wildman–Crippen LogP) is -0.443. The lowest BCUT2D eigenvalue weighted by Gasteiger charge is -2.38. The highest BCUT2D eigenvalue weighted by Crippen LogP contribution is 2.22. The van der Waals surface area contributed by atoms with Crippen LogP contribution in [-0.2, 0) is 19.1 Å². The number of morpholine rings is 1. The topological polar surface area (TPSA) is 87.2 Å². The Balaban J connectivity index is 1.97. The lowest BCUT2D eigenvalue weighted by atomic mass is 9.94. The average molecular weight is 284 g/mol. The lowest BCUT2D eigenvalue weighted by molar-refractivity contribution is -0.161. The van der Waals surface area contributed by atoms with Crippen LogP contribution >= 0.6 is 0 Å². The molecule has 2 fully saturated rings. The Bertz CT molecular complexity index is 404. The van der Waals surface area contributed by atoms with Crippen molar-refractivity contribution in [2.24, 2.45) is 5.92 Å². The van der Waals surface area contributed by atoms with E-state index in [0.29, 0.717) is 39.1 Å². The molecule has 0 aliphatic carbocycles. The molecule has 1 N–H and O–H groups in total. The normalized spacial score (nSPS) is 24.6. The van der Waals surface area contributed by atoms with Crippen LogP contribution in [0.25, 0.3) is 0 Å². The first kappa shape index (κ1) is 14.8. The molecule has 2 aliphatic rings. The third-order valence-corrected chi connectivity index (χ3v) is 3.99. The minimum absolute atomic E-state index is 0.0192. The quantitative estimate of drug-likeness (QED) is 0.742. The molecule has 0 bridgehead atoms. The van der Waals surface area contributed by atoms with E-state index in [1.807, 2.05) is 0 Å². The highest BCUT2D eigenvalue weighted by Gasteiger charge is 2.37. The Hall–Kier alpha value is -1.63. The van der Waals surface area contributed by atoms with Gasteiger partial charge in [0.1, 0.15) is 0 Å². The number of aliphatic carboxylic acids is 1. The van der Waals surface area contributed by atoms with Crippen molar-refractivity contribution in [1.29, 1.82) is 0 Å². The summed E-state index contributed by atoms with van der Waals surface area (Å²) in [6, 6.07) is -0.887. The third-order valence-electron chi connectivity index (χ3n) is 3.99. The largest absolute Gasteiger partial charge is 0.480 e. The van der Waals surface area contributed by atoms with Gasteiger partial charge in [0.15, 0.2) is 6.04 Å². The second-order valence-electron chi connectivity index (χ2n) is 5.24. The van der Waals surface area contributed by atoms with Crippen LogP contribution in [0.4, 0.5) is 0 Å². The maximum Gasteiger partial charge on any atom is 0.328 e.